The van der Waals surface area contributed by atoms with Crippen LogP contribution in [0.5, 0.6) is 0 Å². The molecule has 1 saturated heterocycles. The summed E-state index contributed by atoms with van der Waals surface area (Å²) in [6.07, 6.45) is 0.521. The van der Waals surface area contributed by atoms with Crippen LogP contribution in [0.25, 0.3) is 0 Å². The summed E-state index contributed by atoms with van der Waals surface area (Å²) in [5.41, 5.74) is 1.20. The highest BCUT2D eigenvalue weighted by molar-refractivity contribution is 5.66. The number of hydrogen-bond donors (Lipinski definition) is 0. The highest BCUT2D eigenvalue weighted by Gasteiger charge is 2.41. The van der Waals surface area contributed by atoms with E-state index in [2.05, 4.69) is 0 Å². The van der Waals surface area contributed by atoms with E-state index in [1.54, 1.807) is 0 Å². The second kappa shape index (κ2) is 3.80. The number of carbonyl (C=O) groups is 1. The van der Waals surface area contributed by atoms with E-state index in [1.165, 1.54) is 12.5 Å². The molecule has 2 unspecified atom stereocenters. The standard InChI is InChI=1S/C11H12O3/c1-8(12)13-11-10(14-11)7-9-5-3-2-4-6-9/h2-6,10-11H,7H2,1H3. The first-order valence-corrected chi connectivity index (χ1v) is 4.62. The van der Waals surface area contributed by atoms with E-state index in [4.69, 9.17) is 9.47 Å². The lowest BCUT2D eigenvalue weighted by Gasteiger charge is -1.96. The smallest absolute Gasteiger partial charge is 0.305 e. The van der Waals surface area contributed by atoms with E-state index in [9.17, 15) is 4.79 Å². The van der Waals surface area contributed by atoms with Crippen LogP contribution in [-0.4, -0.2) is 18.4 Å². The molecule has 1 aromatic carbocycles. The molecule has 74 valence electrons. The summed E-state index contributed by atoms with van der Waals surface area (Å²) < 4.78 is 10.1. The van der Waals surface area contributed by atoms with Gasteiger partial charge in [0.1, 0.15) is 6.10 Å². The van der Waals surface area contributed by atoms with Crippen LogP contribution in [0, 0.1) is 0 Å². The summed E-state index contributed by atoms with van der Waals surface area (Å²) in [6, 6.07) is 10.0. The summed E-state index contributed by atoms with van der Waals surface area (Å²) in [7, 11) is 0. The summed E-state index contributed by atoms with van der Waals surface area (Å²) in [6.45, 7) is 1.39. The normalized spacial score (nSPS) is 24.4. The minimum Gasteiger partial charge on any atom is -0.433 e. The van der Waals surface area contributed by atoms with Gasteiger partial charge in [-0.1, -0.05) is 30.3 Å². The monoisotopic (exact) mass is 192 g/mol. The van der Waals surface area contributed by atoms with Gasteiger partial charge in [0.2, 0.25) is 6.29 Å². The zero-order valence-corrected chi connectivity index (χ0v) is 7.97. The molecule has 1 aromatic rings. The van der Waals surface area contributed by atoms with Gasteiger partial charge in [0.15, 0.2) is 0 Å². The van der Waals surface area contributed by atoms with Crippen molar-refractivity contribution in [1.29, 1.82) is 0 Å². The summed E-state index contributed by atoms with van der Waals surface area (Å²) in [5.74, 6) is -0.287. The Balaban J connectivity index is 1.82. The zero-order valence-electron chi connectivity index (χ0n) is 7.97. The molecule has 0 amide bonds. The minimum absolute atomic E-state index is 0.0429. The molecule has 1 heterocycles. The third-order valence-corrected chi connectivity index (χ3v) is 2.10. The summed E-state index contributed by atoms with van der Waals surface area (Å²) in [4.78, 5) is 10.6. The van der Waals surface area contributed by atoms with Crippen LogP contribution < -0.4 is 0 Å². The Hall–Kier alpha value is -1.35. The number of carbonyl (C=O) groups excluding carboxylic acids is 1. The second-order valence-corrected chi connectivity index (χ2v) is 3.34. The molecule has 2 rings (SSSR count). The molecule has 1 fully saturated rings. The highest BCUT2D eigenvalue weighted by atomic mass is 16.8. The van der Waals surface area contributed by atoms with E-state index >= 15 is 0 Å². The van der Waals surface area contributed by atoms with Crippen molar-refractivity contribution in [2.75, 3.05) is 0 Å². The van der Waals surface area contributed by atoms with Gasteiger partial charge in [-0.3, -0.25) is 4.79 Å². The highest BCUT2D eigenvalue weighted by Crippen LogP contribution is 2.26. The maximum absolute atomic E-state index is 10.6. The van der Waals surface area contributed by atoms with Crippen LogP contribution in [0.4, 0.5) is 0 Å². The Morgan fingerprint density at radius 1 is 1.43 bits per heavy atom. The molecule has 0 saturated carbocycles. The van der Waals surface area contributed by atoms with Gasteiger partial charge in [0, 0.05) is 13.3 Å². The van der Waals surface area contributed by atoms with Gasteiger partial charge >= 0.3 is 5.97 Å². The Morgan fingerprint density at radius 2 is 2.14 bits per heavy atom. The Bertz CT molecular complexity index is 321. The van der Waals surface area contributed by atoms with Gasteiger partial charge in [-0.05, 0) is 5.56 Å². The molecular weight excluding hydrogens is 180 g/mol. The van der Waals surface area contributed by atoms with E-state index in [0.29, 0.717) is 0 Å². The van der Waals surface area contributed by atoms with Crippen molar-refractivity contribution in [2.24, 2.45) is 0 Å². The lowest BCUT2D eigenvalue weighted by Crippen LogP contribution is -2.06. The number of epoxide rings is 1. The molecule has 0 radical (unpaired) electrons. The molecule has 3 nitrogen and oxygen atoms in total. The maximum atomic E-state index is 10.6. The van der Waals surface area contributed by atoms with Crippen LogP contribution >= 0.6 is 0 Å². The first kappa shape index (κ1) is 9.21. The average Bonchev–Trinajstić information content (AvgIpc) is 2.84. The Kier molecular flexibility index (Phi) is 2.50. The van der Waals surface area contributed by atoms with Crippen molar-refractivity contribution < 1.29 is 14.3 Å². The number of hydrogen-bond acceptors (Lipinski definition) is 3. The lowest BCUT2D eigenvalue weighted by atomic mass is 10.1. The number of benzene rings is 1. The van der Waals surface area contributed by atoms with E-state index < -0.39 is 0 Å². The maximum Gasteiger partial charge on any atom is 0.305 e. The topological polar surface area (TPSA) is 38.8 Å². The van der Waals surface area contributed by atoms with Gasteiger partial charge in [-0.15, -0.1) is 0 Å². The van der Waals surface area contributed by atoms with Crippen molar-refractivity contribution in [3.05, 3.63) is 35.9 Å². The van der Waals surface area contributed by atoms with Crippen LogP contribution in [0.1, 0.15) is 12.5 Å². The van der Waals surface area contributed by atoms with Gasteiger partial charge in [-0.2, -0.15) is 0 Å². The molecule has 2 atom stereocenters. The molecule has 0 aromatic heterocycles. The predicted octanol–water partition coefficient (Wildman–Crippen LogP) is 1.52. The first-order chi connectivity index (χ1) is 6.75. The molecule has 14 heavy (non-hydrogen) atoms. The molecule has 0 N–H and O–H groups in total. The van der Waals surface area contributed by atoms with E-state index in [-0.39, 0.29) is 18.4 Å². The Morgan fingerprint density at radius 3 is 2.79 bits per heavy atom. The fourth-order valence-corrected chi connectivity index (χ4v) is 1.38. The second-order valence-electron chi connectivity index (χ2n) is 3.34. The molecule has 1 aliphatic rings. The number of ether oxygens (including phenoxy) is 2. The molecule has 0 bridgehead atoms. The van der Waals surface area contributed by atoms with Crippen LogP contribution in [0.2, 0.25) is 0 Å². The van der Waals surface area contributed by atoms with Crippen LogP contribution in [0.15, 0.2) is 30.3 Å². The van der Waals surface area contributed by atoms with Gasteiger partial charge < -0.3 is 9.47 Å². The van der Waals surface area contributed by atoms with Crippen molar-refractivity contribution in [3.8, 4) is 0 Å². The average molecular weight is 192 g/mol. The summed E-state index contributed by atoms with van der Waals surface area (Å²) in [5, 5.41) is 0. The fourth-order valence-electron chi connectivity index (χ4n) is 1.38. The molecule has 1 aliphatic heterocycles. The van der Waals surface area contributed by atoms with Gasteiger partial charge in [-0.25, -0.2) is 0 Å². The van der Waals surface area contributed by atoms with Gasteiger partial charge in [0.05, 0.1) is 0 Å². The number of rotatable bonds is 3. The van der Waals surface area contributed by atoms with Gasteiger partial charge in [0.25, 0.3) is 0 Å². The van der Waals surface area contributed by atoms with Crippen LogP contribution in [0.3, 0.4) is 0 Å². The first-order valence-electron chi connectivity index (χ1n) is 4.62. The largest absolute Gasteiger partial charge is 0.433 e. The van der Waals surface area contributed by atoms with E-state index in [1.807, 2.05) is 30.3 Å². The lowest BCUT2D eigenvalue weighted by molar-refractivity contribution is -0.145. The molecule has 0 spiro atoms. The van der Waals surface area contributed by atoms with Crippen molar-refractivity contribution >= 4 is 5.97 Å². The van der Waals surface area contributed by atoms with E-state index in [0.717, 1.165) is 6.42 Å². The third-order valence-electron chi connectivity index (χ3n) is 2.10. The number of esters is 1. The van der Waals surface area contributed by atoms with Crippen molar-refractivity contribution in [2.45, 2.75) is 25.7 Å². The summed E-state index contributed by atoms with van der Waals surface area (Å²) >= 11 is 0. The Labute approximate surface area is 82.6 Å². The molecule has 0 aliphatic carbocycles. The van der Waals surface area contributed by atoms with Crippen molar-refractivity contribution in [1.82, 2.24) is 0 Å². The third kappa shape index (κ3) is 2.33. The molecular formula is C11H12O3. The van der Waals surface area contributed by atoms with Crippen LogP contribution in [-0.2, 0) is 20.7 Å². The zero-order chi connectivity index (χ0) is 9.97. The molecule has 3 heteroatoms. The van der Waals surface area contributed by atoms with Crippen molar-refractivity contribution in [3.63, 3.8) is 0 Å². The SMILES string of the molecule is CC(=O)OC1OC1Cc1ccccc1. The predicted molar refractivity (Wildman–Crippen MR) is 50.6 cm³/mol. The fraction of sp³-hybridized carbons (Fsp3) is 0.364. The quantitative estimate of drug-likeness (QED) is 0.538. The minimum atomic E-state index is -0.326.